The van der Waals surface area contributed by atoms with Crippen LogP contribution in [0.3, 0.4) is 0 Å². The molecule has 1 aromatic carbocycles. The highest BCUT2D eigenvalue weighted by Gasteiger charge is 2.16. The average Bonchev–Trinajstić information content (AvgIpc) is 2.74. The van der Waals surface area contributed by atoms with E-state index in [9.17, 15) is 0 Å². The number of nitrogens with one attached hydrogen (secondary N) is 1. The van der Waals surface area contributed by atoms with Gasteiger partial charge in [-0.05, 0) is 18.6 Å². The van der Waals surface area contributed by atoms with E-state index in [0.29, 0.717) is 6.04 Å². The first kappa shape index (κ1) is 9.89. The number of aliphatic imine (C=N–C) groups is 1. The Labute approximate surface area is 106 Å². The van der Waals surface area contributed by atoms with Crippen molar-refractivity contribution in [3.8, 4) is 0 Å². The summed E-state index contributed by atoms with van der Waals surface area (Å²) in [6, 6.07) is 8.82. The van der Waals surface area contributed by atoms with Gasteiger partial charge in [-0.25, -0.2) is 0 Å². The predicted molar refractivity (Wildman–Crippen MR) is 76.8 cm³/mol. The fraction of sp³-hybridized carbons (Fsp3) is 0.188. The lowest BCUT2D eigenvalue weighted by molar-refractivity contribution is 0.777. The molecular formula is C16H14N2. The van der Waals surface area contributed by atoms with Crippen molar-refractivity contribution < 1.29 is 0 Å². The van der Waals surface area contributed by atoms with Crippen molar-refractivity contribution in [3.05, 3.63) is 47.2 Å². The molecule has 2 aromatic rings. The van der Waals surface area contributed by atoms with Gasteiger partial charge in [0.05, 0.1) is 6.04 Å². The van der Waals surface area contributed by atoms with Gasteiger partial charge in [0.1, 0.15) is 0 Å². The van der Waals surface area contributed by atoms with Crippen LogP contribution in [-0.4, -0.2) is 17.2 Å². The Hall–Kier alpha value is -2.09. The summed E-state index contributed by atoms with van der Waals surface area (Å²) < 4.78 is 0. The van der Waals surface area contributed by atoms with Crippen LogP contribution in [0.4, 0.5) is 0 Å². The third-order valence-corrected chi connectivity index (χ3v) is 3.73. The summed E-state index contributed by atoms with van der Waals surface area (Å²) in [6.07, 6.45) is 10.8. The molecule has 0 radical (unpaired) electrons. The first-order valence-corrected chi connectivity index (χ1v) is 6.40. The lowest BCUT2D eigenvalue weighted by Gasteiger charge is -2.17. The van der Waals surface area contributed by atoms with Gasteiger partial charge in [-0.2, -0.15) is 0 Å². The Morgan fingerprint density at radius 2 is 2.17 bits per heavy atom. The van der Waals surface area contributed by atoms with Crippen LogP contribution in [0.2, 0.25) is 0 Å². The van der Waals surface area contributed by atoms with Crippen molar-refractivity contribution >= 4 is 29.3 Å². The van der Waals surface area contributed by atoms with E-state index in [2.05, 4.69) is 52.5 Å². The summed E-state index contributed by atoms with van der Waals surface area (Å²) >= 11 is 0. The van der Waals surface area contributed by atoms with Gasteiger partial charge in [0.25, 0.3) is 0 Å². The van der Waals surface area contributed by atoms with E-state index in [-0.39, 0.29) is 0 Å². The van der Waals surface area contributed by atoms with Crippen molar-refractivity contribution in [1.82, 2.24) is 4.98 Å². The fourth-order valence-electron chi connectivity index (χ4n) is 2.83. The van der Waals surface area contributed by atoms with E-state index in [1.807, 2.05) is 6.21 Å². The smallest absolute Gasteiger partial charge is 0.0717 e. The number of nitrogens with zero attached hydrogens (tertiary/aromatic N) is 1. The number of para-hydroxylation sites is 1. The number of benzene rings is 1. The fourth-order valence-corrected chi connectivity index (χ4v) is 2.83. The molecule has 88 valence electrons. The van der Waals surface area contributed by atoms with Crippen molar-refractivity contribution in [2.45, 2.75) is 18.9 Å². The molecular weight excluding hydrogens is 220 g/mol. The molecule has 2 heterocycles. The van der Waals surface area contributed by atoms with E-state index in [4.69, 9.17) is 0 Å². The van der Waals surface area contributed by atoms with Gasteiger partial charge in [0.2, 0.25) is 0 Å². The number of fused-ring (bicyclic) bond motifs is 5. The molecule has 18 heavy (non-hydrogen) atoms. The summed E-state index contributed by atoms with van der Waals surface area (Å²) in [5.41, 5.74) is 5.22. The minimum Gasteiger partial charge on any atom is -0.355 e. The zero-order valence-electron chi connectivity index (χ0n) is 10.1. The van der Waals surface area contributed by atoms with E-state index in [1.165, 1.54) is 27.7 Å². The molecule has 0 spiro atoms. The molecule has 1 atom stereocenters. The normalized spacial score (nSPS) is 21.3. The summed E-state index contributed by atoms with van der Waals surface area (Å²) in [4.78, 5) is 8.00. The highest BCUT2D eigenvalue weighted by molar-refractivity contribution is 5.94. The minimum absolute atomic E-state index is 0.324. The Balaban J connectivity index is 2.01. The molecule has 1 N–H and O–H groups in total. The van der Waals surface area contributed by atoms with Crippen molar-refractivity contribution in [2.24, 2.45) is 4.99 Å². The van der Waals surface area contributed by atoms with Crippen molar-refractivity contribution in [3.63, 3.8) is 0 Å². The summed E-state index contributed by atoms with van der Waals surface area (Å²) in [5, 5.41) is 1.31. The molecule has 4 rings (SSSR count). The van der Waals surface area contributed by atoms with E-state index in [1.54, 1.807) is 0 Å². The van der Waals surface area contributed by atoms with Gasteiger partial charge in [-0.1, -0.05) is 35.9 Å². The number of aromatic amines is 1. The molecule has 0 saturated heterocycles. The van der Waals surface area contributed by atoms with E-state index in [0.717, 1.165) is 12.8 Å². The van der Waals surface area contributed by atoms with Gasteiger partial charge < -0.3 is 4.98 Å². The lowest BCUT2D eigenvalue weighted by Crippen LogP contribution is -2.09. The second-order valence-electron chi connectivity index (χ2n) is 4.97. The molecule has 1 aromatic heterocycles. The molecule has 2 aliphatic rings. The van der Waals surface area contributed by atoms with Crippen LogP contribution in [0, 0.1) is 0 Å². The largest absolute Gasteiger partial charge is 0.355 e. The number of hydrogen-bond donors (Lipinski definition) is 1. The number of aromatic nitrogens is 1. The SMILES string of the molecule is C1=CC2CC(=Cc3c1[nH]c1ccccc31)CC=N2. The molecule has 0 amide bonds. The molecule has 1 aliphatic carbocycles. The van der Waals surface area contributed by atoms with Crippen LogP contribution in [0.5, 0.6) is 0 Å². The van der Waals surface area contributed by atoms with E-state index >= 15 is 0 Å². The number of H-pyrrole nitrogens is 1. The summed E-state index contributed by atoms with van der Waals surface area (Å²) in [6.45, 7) is 0. The number of hydrogen-bond acceptors (Lipinski definition) is 1. The topological polar surface area (TPSA) is 28.1 Å². The van der Waals surface area contributed by atoms with Crippen LogP contribution >= 0.6 is 0 Å². The Kier molecular flexibility index (Phi) is 2.04. The van der Waals surface area contributed by atoms with Gasteiger partial charge >= 0.3 is 0 Å². The average molecular weight is 234 g/mol. The van der Waals surface area contributed by atoms with Crippen LogP contribution in [0.1, 0.15) is 24.1 Å². The first-order valence-electron chi connectivity index (χ1n) is 6.40. The molecule has 0 saturated carbocycles. The molecule has 1 aliphatic heterocycles. The summed E-state index contributed by atoms with van der Waals surface area (Å²) in [5.74, 6) is 0. The van der Waals surface area contributed by atoms with Crippen molar-refractivity contribution in [2.75, 3.05) is 0 Å². The van der Waals surface area contributed by atoms with Crippen molar-refractivity contribution in [1.29, 1.82) is 0 Å². The molecule has 2 heteroatoms. The van der Waals surface area contributed by atoms with Crippen LogP contribution in [0.15, 0.2) is 40.9 Å². The number of rotatable bonds is 0. The molecule has 2 bridgehead atoms. The molecule has 1 unspecified atom stereocenters. The third-order valence-electron chi connectivity index (χ3n) is 3.73. The van der Waals surface area contributed by atoms with Crippen LogP contribution in [0.25, 0.3) is 23.1 Å². The second-order valence-corrected chi connectivity index (χ2v) is 4.97. The van der Waals surface area contributed by atoms with Crippen LogP contribution < -0.4 is 0 Å². The molecule has 2 nitrogen and oxygen atoms in total. The standard InChI is InChI=1S/C16H14N2/c1-2-4-15-13(3-1)14-10-11-7-8-17-12(9-11)5-6-16(14)18-15/h1-6,8,10,12,18H,7,9H2. The Morgan fingerprint density at radius 1 is 1.22 bits per heavy atom. The lowest BCUT2D eigenvalue weighted by atomic mass is 9.95. The van der Waals surface area contributed by atoms with Gasteiger partial charge in [-0.3, -0.25) is 4.99 Å². The third kappa shape index (κ3) is 1.46. The Bertz CT molecular complexity index is 701. The molecule has 0 fully saturated rings. The van der Waals surface area contributed by atoms with Gasteiger partial charge in [0, 0.05) is 34.8 Å². The monoisotopic (exact) mass is 234 g/mol. The zero-order chi connectivity index (χ0) is 11.9. The quantitative estimate of drug-likeness (QED) is 0.718. The predicted octanol–water partition coefficient (Wildman–Crippen LogP) is 3.81. The zero-order valence-corrected chi connectivity index (χ0v) is 10.1. The Morgan fingerprint density at radius 3 is 3.17 bits per heavy atom. The van der Waals surface area contributed by atoms with Gasteiger partial charge in [-0.15, -0.1) is 0 Å². The maximum atomic E-state index is 4.51. The second kappa shape index (κ2) is 3.70. The van der Waals surface area contributed by atoms with Crippen LogP contribution in [-0.2, 0) is 0 Å². The highest BCUT2D eigenvalue weighted by Crippen LogP contribution is 2.30. The minimum atomic E-state index is 0.324. The maximum Gasteiger partial charge on any atom is 0.0717 e. The highest BCUT2D eigenvalue weighted by atomic mass is 14.8. The maximum absolute atomic E-state index is 4.51. The summed E-state index contributed by atoms with van der Waals surface area (Å²) in [7, 11) is 0. The van der Waals surface area contributed by atoms with E-state index < -0.39 is 0 Å². The van der Waals surface area contributed by atoms with Gasteiger partial charge in [0.15, 0.2) is 0 Å². The first-order chi connectivity index (χ1) is 8.90.